The van der Waals surface area contributed by atoms with Crippen LogP contribution < -0.4 is 10.6 Å². The fourth-order valence-corrected chi connectivity index (χ4v) is 2.24. The molecule has 1 heterocycles. The van der Waals surface area contributed by atoms with E-state index >= 15 is 0 Å². The molecule has 2 N–H and O–H groups in total. The van der Waals surface area contributed by atoms with Crippen LogP contribution in [0.5, 0.6) is 0 Å². The van der Waals surface area contributed by atoms with Crippen molar-refractivity contribution in [3.63, 3.8) is 0 Å². The molecule has 0 saturated carbocycles. The molecule has 1 aromatic rings. The lowest BCUT2D eigenvalue weighted by Gasteiger charge is -2.29. The lowest BCUT2D eigenvalue weighted by Crippen LogP contribution is -2.52. The molecule has 20 heavy (non-hydrogen) atoms. The largest absolute Gasteiger partial charge is 0.365 e. The first-order valence-corrected chi connectivity index (χ1v) is 6.94. The van der Waals surface area contributed by atoms with Crippen molar-refractivity contribution in [3.8, 4) is 0 Å². The summed E-state index contributed by atoms with van der Waals surface area (Å²) in [6, 6.07) is 8.04. The molecule has 1 aliphatic heterocycles. The second-order valence-electron chi connectivity index (χ2n) is 4.65. The summed E-state index contributed by atoms with van der Waals surface area (Å²) in [5.41, 5.74) is 1.21. The smallest absolute Gasteiger partial charge is 0.250 e. The Morgan fingerprint density at radius 1 is 1.45 bits per heavy atom. The summed E-state index contributed by atoms with van der Waals surface area (Å²) >= 11 is 5.85. The van der Waals surface area contributed by atoms with E-state index < -0.39 is 0 Å². The van der Waals surface area contributed by atoms with Gasteiger partial charge in [-0.15, -0.1) is 12.4 Å². The first kappa shape index (κ1) is 17.2. The second kappa shape index (κ2) is 8.47. The minimum absolute atomic E-state index is 0. The molecule has 112 valence electrons. The maximum atomic E-state index is 11.6. The topological polar surface area (TPSA) is 50.4 Å². The predicted molar refractivity (Wildman–Crippen MR) is 82.6 cm³/mol. The van der Waals surface area contributed by atoms with Crippen LogP contribution in [0.3, 0.4) is 0 Å². The molecule has 1 aromatic carbocycles. The van der Waals surface area contributed by atoms with Crippen molar-refractivity contribution < 1.29 is 9.53 Å². The molecule has 6 heteroatoms. The summed E-state index contributed by atoms with van der Waals surface area (Å²) in [5, 5.41) is 6.86. The third-order valence-corrected chi connectivity index (χ3v) is 3.38. The van der Waals surface area contributed by atoms with Crippen molar-refractivity contribution >= 4 is 29.9 Å². The number of morpholine rings is 1. The van der Waals surface area contributed by atoms with Crippen molar-refractivity contribution in [2.24, 2.45) is 0 Å². The predicted octanol–water partition coefficient (Wildman–Crippen LogP) is 1.80. The van der Waals surface area contributed by atoms with Gasteiger partial charge in [0.2, 0.25) is 5.91 Å². The highest BCUT2D eigenvalue weighted by Crippen LogP contribution is 2.13. The first-order chi connectivity index (χ1) is 9.19. The van der Waals surface area contributed by atoms with E-state index in [4.69, 9.17) is 16.3 Å². The zero-order valence-corrected chi connectivity index (χ0v) is 13.0. The van der Waals surface area contributed by atoms with Gasteiger partial charge in [-0.25, -0.2) is 0 Å². The minimum atomic E-state index is -0.374. The number of rotatable bonds is 4. The Kier molecular flexibility index (Phi) is 7.30. The number of carbonyl (C=O) groups excluding carboxylic acids is 1. The molecule has 1 saturated heterocycles. The molecule has 0 spiro atoms. The van der Waals surface area contributed by atoms with Gasteiger partial charge in [0.15, 0.2) is 0 Å². The maximum Gasteiger partial charge on any atom is 0.250 e. The van der Waals surface area contributed by atoms with Crippen LogP contribution in [-0.4, -0.2) is 37.7 Å². The molecular weight excluding hydrogens is 299 g/mol. The number of nitrogens with one attached hydrogen (secondary N) is 2. The van der Waals surface area contributed by atoms with Gasteiger partial charge in [0, 0.05) is 24.2 Å². The van der Waals surface area contributed by atoms with Crippen molar-refractivity contribution in [1.82, 2.24) is 10.6 Å². The third kappa shape index (κ3) is 4.94. The Hall–Kier alpha value is -0.810. The van der Waals surface area contributed by atoms with Gasteiger partial charge in [-0.3, -0.25) is 4.79 Å². The van der Waals surface area contributed by atoms with E-state index in [0.717, 1.165) is 11.4 Å². The van der Waals surface area contributed by atoms with Gasteiger partial charge in [-0.05, 0) is 31.0 Å². The van der Waals surface area contributed by atoms with Crippen molar-refractivity contribution in [3.05, 3.63) is 34.9 Å². The summed E-state index contributed by atoms with van der Waals surface area (Å²) in [4.78, 5) is 11.6. The number of ether oxygens (including phenoxy) is 1. The van der Waals surface area contributed by atoms with E-state index in [9.17, 15) is 4.79 Å². The Morgan fingerprint density at radius 3 is 2.70 bits per heavy atom. The lowest BCUT2D eigenvalue weighted by atomic mass is 10.1. The van der Waals surface area contributed by atoms with Crippen LogP contribution >= 0.6 is 24.0 Å². The molecular formula is C14H20Cl2N2O2. The average molecular weight is 319 g/mol. The molecule has 1 aliphatic rings. The lowest BCUT2D eigenvalue weighted by molar-refractivity contribution is -0.135. The van der Waals surface area contributed by atoms with Gasteiger partial charge in [-0.1, -0.05) is 23.7 Å². The van der Waals surface area contributed by atoms with Crippen LogP contribution in [0, 0.1) is 0 Å². The zero-order chi connectivity index (χ0) is 13.7. The van der Waals surface area contributed by atoms with E-state index in [1.807, 2.05) is 31.2 Å². The van der Waals surface area contributed by atoms with Crippen LogP contribution in [-0.2, 0) is 16.0 Å². The highest BCUT2D eigenvalue weighted by Gasteiger charge is 2.26. The molecule has 0 radical (unpaired) electrons. The van der Waals surface area contributed by atoms with Gasteiger partial charge < -0.3 is 15.4 Å². The van der Waals surface area contributed by atoms with E-state index in [0.29, 0.717) is 19.7 Å². The van der Waals surface area contributed by atoms with Crippen LogP contribution in [0.2, 0.25) is 5.02 Å². The van der Waals surface area contributed by atoms with Gasteiger partial charge >= 0.3 is 0 Å². The fourth-order valence-electron chi connectivity index (χ4n) is 2.12. The number of benzene rings is 1. The quantitative estimate of drug-likeness (QED) is 0.890. The summed E-state index contributed by atoms with van der Waals surface area (Å²) < 4.78 is 5.60. The van der Waals surface area contributed by atoms with Crippen LogP contribution in [0.4, 0.5) is 0 Å². The number of likely N-dealkylation sites (N-methyl/N-ethyl adjacent to an activating group) is 1. The van der Waals surface area contributed by atoms with Crippen molar-refractivity contribution in [2.45, 2.75) is 25.5 Å². The van der Waals surface area contributed by atoms with Crippen LogP contribution in [0.25, 0.3) is 0 Å². The standard InChI is InChI=1S/C14H19ClN2O2.ClH/c1-2-16-14(18)13-8-17-12(9-19-13)7-10-3-5-11(15)6-4-10;/h3-6,12-13,17H,2,7-9H2,1H3,(H,16,18);1H/t12-,13+;/m0./s1. The Morgan fingerprint density at radius 2 is 2.15 bits per heavy atom. The van der Waals surface area contributed by atoms with E-state index in [1.54, 1.807) is 0 Å². The average Bonchev–Trinajstić information content (AvgIpc) is 2.42. The van der Waals surface area contributed by atoms with Crippen molar-refractivity contribution in [2.75, 3.05) is 19.7 Å². The molecule has 0 aliphatic carbocycles. The molecule has 2 rings (SSSR count). The van der Waals surface area contributed by atoms with Gasteiger partial charge in [0.1, 0.15) is 6.10 Å². The van der Waals surface area contributed by atoms with E-state index in [-0.39, 0.29) is 30.5 Å². The Balaban J connectivity index is 0.00000200. The number of hydrogen-bond donors (Lipinski definition) is 2. The molecule has 1 amide bonds. The molecule has 0 bridgehead atoms. The maximum absolute atomic E-state index is 11.6. The molecule has 0 unspecified atom stereocenters. The minimum Gasteiger partial charge on any atom is -0.365 e. The van der Waals surface area contributed by atoms with E-state index in [1.165, 1.54) is 5.56 Å². The second-order valence-corrected chi connectivity index (χ2v) is 5.09. The van der Waals surface area contributed by atoms with Crippen molar-refractivity contribution in [1.29, 1.82) is 0 Å². The summed E-state index contributed by atoms with van der Waals surface area (Å²) in [5.74, 6) is -0.0417. The Bertz CT molecular complexity index is 418. The third-order valence-electron chi connectivity index (χ3n) is 3.13. The fraction of sp³-hybridized carbons (Fsp3) is 0.500. The molecule has 2 atom stereocenters. The monoisotopic (exact) mass is 318 g/mol. The molecule has 1 fully saturated rings. The van der Waals surface area contributed by atoms with Gasteiger partial charge in [0.05, 0.1) is 6.61 Å². The van der Waals surface area contributed by atoms with Crippen LogP contribution in [0.1, 0.15) is 12.5 Å². The SMILES string of the molecule is CCNC(=O)[C@H]1CN[C@@H](Cc2ccc(Cl)cc2)CO1.Cl. The highest BCUT2D eigenvalue weighted by atomic mass is 35.5. The van der Waals surface area contributed by atoms with E-state index in [2.05, 4.69) is 10.6 Å². The molecule has 4 nitrogen and oxygen atoms in total. The normalized spacial score (nSPS) is 21.9. The summed E-state index contributed by atoms with van der Waals surface area (Å²) in [7, 11) is 0. The number of amides is 1. The van der Waals surface area contributed by atoms with Crippen LogP contribution in [0.15, 0.2) is 24.3 Å². The number of carbonyl (C=O) groups is 1. The zero-order valence-electron chi connectivity index (χ0n) is 11.4. The summed E-state index contributed by atoms with van der Waals surface area (Å²) in [6.07, 6.45) is 0.501. The summed E-state index contributed by atoms with van der Waals surface area (Å²) in [6.45, 7) is 3.64. The highest BCUT2D eigenvalue weighted by molar-refractivity contribution is 6.30. The first-order valence-electron chi connectivity index (χ1n) is 6.56. The number of halogens is 2. The van der Waals surface area contributed by atoms with Gasteiger partial charge in [-0.2, -0.15) is 0 Å². The van der Waals surface area contributed by atoms with Gasteiger partial charge in [0.25, 0.3) is 0 Å². The Labute approximate surface area is 130 Å². The number of hydrogen-bond acceptors (Lipinski definition) is 3. The molecule has 0 aromatic heterocycles.